The number of aromatic nitrogens is 2. The molecule has 0 unspecified atom stereocenters. The van der Waals surface area contributed by atoms with Gasteiger partial charge in [-0.2, -0.15) is 0 Å². The van der Waals surface area contributed by atoms with Gasteiger partial charge < -0.3 is 10.3 Å². The number of hydrogen-bond acceptors (Lipinski definition) is 4. The lowest BCUT2D eigenvalue weighted by Gasteiger charge is -2.06. The quantitative estimate of drug-likeness (QED) is 0.677. The fraction of sp³-hybridized carbons (Fsp3) is 0.333. The van der Waals surface area contributed by atoms with Crippen molar-refractivity contribution in [2.75, 3.05) is 6.54 Å². The maximum Gasteiger partial charge on any atom is 0.260 e. The van der Waals surface area contributed by atoms with Gasteiger partial charge in [-0.15, -0.1) is 11.3 Å². The molecule has 1 aromatic carbocycles. The van der Waals surface area contributed by atoms with Crippen LogP contribution in [0.5, 0.6) is 0 Å². The topological polar surface area (TPSA) is 57.8 Å². The normalized spacial score (nSPS) is 11.4. The summed E-state index contributed by atoms with van der Waals surface area (Å²) in [6.45, 7) is 5.92. The summed E-state index contributed by atoms with van der Waals surface area (Å²) in [6.07, 6.45) is 1.11. The zero-order valence-electron chi connectivity index (χ0n) is 13.4. The summed E-state index contributed by atoms with van der Waals surface area (Å²) in [6, 6.07) is 9.97. The number of benzene rings is 1. The molecule has 0 aliphatic carbocycles. The third-order valence-electron chi connectivity index (χ3n) is 3.77. The maximum atomic E-state index is 12.5. The molecule has 4 nitrogen and oxygen atoms in total. The summed E-state index contributed by atoms with van der Waals surface area (Å²) in [5.41, 5.74) is 1.95. The van der Waals surface area contributed by atoms with Crippen molar-refractivity contribution in [3.8, 4) is 11.1 Å². The number of thiophene rings is 1. The van der Waals surface area contributed by atoms with Crippen LogP contribution in [0.3, 0.4) is 0 Å². The minimum atomic E-state index is -0.0595. The van der Waals surface area contributed by atoms with Crippen LogP contribution in [0.25, 0.3) is 21.3 Å². The molecule has 0 bridgehead atoms. The predicted molar refractivity (Wildman–Crippen MR) is 96.8 cm³/mol. The number of fused-ring (bicyclic) bond motifs is 1. The summed E-state index contributed by atoms with van der Waals surface area (Å²) in [4.78, 5) is 20.8. The van der Waals surface area contributed by atoms with Crippen molar-refractivity contribution >= 4 is 21.6 Å². The van der Waals surface area contributed by atoms with E-state index in [1.165, 1.54) is 11.3 Å². The van der Waals surface area contributed by atoms with Gasteiger partial charge in [0, 0.05) is 10.9 Å². The molecule has 0 amide bonds. The maximum absolute atomic E-state index is 12.5. The number of nitrogens with one attached hydrogen (secondary N) is 2. The predicted octanol–water partition coefficient (Wildman–Crippen LogP) is 3.79. The van der Waals surface area contributed by atoms with E-state index >= 15 is 0 Å². The Labute approximate surface area is 139 Å². The standard InChI is InChI=1S/C18H21N3OS/c1-12(2)8-9-19-10-15-20-17(22)16-14(11-23-18(16)21-15)13-6-4-3-5-7-13/h3-7,11-12,19H,8-10H2,1-2H3,(H,20,21,22). The number of rotatable bonds is 6. The Hall–Kier alpha value is -1.98. The van der Waals surface area contributed by atoms with Gasteiger partial charge in [0.2, 0.25) is 0 Å². The van der Waals surface area contributed by atoms with Crippen molar-refractivity contribution in [2.24, 2.45) is 5.92 Å². The van der Waals surface area contributed by atoms with Crippen LogP contribution >= 0.6 is 11.3 Å². The minimum Gasteiger partial charge on any atom is -0.310 e. The van der Waals surface area contributed by atoms with Crippen molar-refractivity contribution in [3.05, 3.63) is 51.9 Å². The number of hydrogen-bond donors (Lipinski definition) is 2. The van der Waals surface area contributed by atoms with Gasteiger partial charge in [0.25, 0.3) is 5.56 Å². The van der Waals surface area contributed by atoms with Crippen molar-refractivity contribution in [3.63, 3.8) is 0 Å². The molecule has 0 aliphatic heterocycles. The van der Waals surface area contributed by atoms with E-state index in [0.29, 0.717) is 23.7 Å². The largest absolute Gasteiger partial charge is 0.310 e. The van der Waals surface area contributed by atoms with Gasteiger partial charge in [-0.3, -0.25) is 4.79 Å². The van der Waals surface area contributed by atoms with Gasteiger partial charge in [-0.25, -0.2) is 4.98 Å². The second-order valence-corrected chi connectivity index (χ2v) is 6.93. The lowest BCUT2D eigenvalue weighted by Crippen LogP contribution is -2.21. The van der Waals surface area contributed by atoms with E-state index < -0.39 is 0 Å². The lowest BCUT2D eigenvalue weighted by atomic mass is 10.1. The van der Waals surface area contributed by atoms with E-state index in [-0.39, 0.29) is 5.56 Å². The van der Waals surface area contributed by atoms with Crippen LogP contribution in [-0.4, -0.2) is 16.5 Å². The van der Waals surface area contributed by atoms with Crippen LogP contribution in [0.15, 0.2) is 40.5 Å². The van der Waals surface area contributed by atoms with Crippen LogP contribution in [0.2, 0.25) is 0 Å². The van der Waals surface area contributed by atoms with E-state index in [1.807, 2.05) is 35.7 Å². The average Bonchev–Trinajstić information content (AvgIpc) is 2.97. The highest BCUT2D eigenvalue weighted by Crippen LogP contribution is 2.30. The summed E-state index contributed by atoms with van der Waals surface area (Å²) in [5.74, 6) is 1.37. The monoisotopic (exact) mass is 327 g/mol. The highest BCUT2D eigenvalue weighted by molar-refractivity contribution is 7.17. The molecule has 2 heterocycles. The van der Waals surface area contributed by atoms with Crippen LogP contribution in [-0.2, 0) is 6.54 Å². The first-order chi connectivity index (χ1) is 11.1. The first-order valence-electron chi connectivity index (χ1n) is 7.91. The molecule has 0 saturated heterocycles. The molecule has 0 radical (unpaired) electrons. The first kappa shape index (κ1) is 15.9. The fourth-order valence-electron chi connectivity index (χ4n) is 2.50. The number of nitrogens with zero attached hydrogens (tertiary/aromatic N) is 1. The molecule has 0 atom stereocenters. The van der Waals surface area contributed by atoms with Crippen molar-refractivity contribution in [2.45, 2.75) is 26.8 Å². The summed E-state index contributed by atoms with van der Waals surface area (Å²) in [5, 5.41) is 6.03. The van der Waals surface area contributed by atoms with E-state index in [1.54, 1.807) is 0 Å². The zero-order valence-corrected chi connectivity index (χ0v) is 14.2. The van der Waals surface area contributed by atoms with Crippen molar-refractivity contribution < 1.29 is 0 Å². The molecule has 5 heteroatoms. The third kappa shape index (κ3) is 3.68. The Kier molecular flexibility index (Phi) is 4.88. The van der Waals surface area contributed by atoms with Gasteiger partial charge in [0.1, 0.15) is 10.7 Å². The molecule has 120 valence electrons. The molecule has 0 spiro atoms. The SMILES string of the molecule is CC(C)CCNCc1nc2scc(-c3ccccc3)c2c(=O)[nH]1. The highest BCUT2D eigenvalue weighted by atomic mass is 32.1. The molecule has 0 aliphatic rings. The first-order valence-corrected chi connectivity index (χ1v) is 8.79. The molecule has 2 N–H and O–H groups in total. The number of H-pyrrole nitrogens is 1. The summed E-state index contributed by atoms with van der Waals surface area (Å²) < 4.78 is 0. The Morgan fingerprint density at radius 1 is 1.26 bits per heavy atom. The Morgan fingerprint density at radius 3 is 2.78 bits per heavy atom. The highest BCUT2D eigenvalue weighted by Gasteiger charge is 2.12. The van der Waals surface area contributed by atoms with E-state index in [0.717, 1.165) is 28.9 Å². The molecule has 2 aromatic heterocycles. The van der Waals surface area contributed by atoms with Crippen LogP contribution < -0.4 is 10.9 Å². The lowest BCUT2D eigenvalue weighted by molar-refractivity contribution is 0.532. The van der Waals surface area contributed by atoms with E-state index in [2.05, 4.69) is 29.1 Å². The zero-order chi connectivity index (χ0) is 16.2. The second kappa shape index (κ2) is 7.06. The minimum absolute atomic E-state index is 0.0595. The van der Waals surface area contributed by atoms with Crippen molar-refractivity contribution in [1.82, 2.24) is 15.3 Å². The Balaban J connectivity index is 1.85. The summed E-state index contributed by atoms with van der Waals surface area (Å²) >= 11 is 1.52. The molecule has 23 heavy (non-hydrogen) atoms. The number of aromatic amines is 1. The van der Waals surface area contributed by atoms with Gasteiger partial charge in [-0.05, 0) is 24.4 Å². The fourth-order valence-corrected chi connectivity index (χ4v) is 3.47. The van der Waals surface area contributed by atoms with Gasteiger partial charge in [0.05, 0.1) is 11.9 Å². The smallest absolute Gasteiger partial charge is 0.260 e. The Morgan fingerprint density at radius 2 is 2.04 bits per heavy atom. The summed E-state index contributed by atoms with van der Waals surface area (Å²) in [7, 11) is 0. The van der Waals surface area contributed by atoms with E-state index in [4.69, 9.17) is 0 Å². The van der Waals surface area contributed by atoms with Gasteiger partial charge >= 0.3 is 0 Å². The second-order valence-electron chi connectivity index (χ2n) is 6.07. The third-order valence-corrected chi connectivity index (χ3v) is 4.64. The average molecular weight is 327 g/mol. The molecular weight excluding hydrogens is 306 g/mol. The molecule has 3 aromatic rings. The van der Waals surface area contributed by atoms with Crippen LogP contribution in [0.1, 0.15) is 26.1 Å². The molecule has 0 saturated carbocycles. The molecule has 3 rings (SSSR count). The van der Waals surface area contributed by atoms with Crippen LogP contribution in [0, 0.1) is 5.92 Å². The molecular formula is C18H21N3OS. The van der Waals surface area contributed by atoms with Gasteiger partial charge in [-0.1, -0.05) is 44.2 Å². The van der Waals surface area contributed by atoms with Crippen LogP contribution in [0.4, 0.5) is 0 Å². The van der Waals surface area contributed by atoms with Crippen molar-refractivity contribution in [1.29, 1.82) is 0 Å². The molecule has 0 fully saturated rings. The Bertz CT molecular complexity index is 836. The van der Waals surface area contributed by atoms with E-state index in [9.17, 15) is 4.79 Å². The van der Waals surface area contributed by atoms with Gasteiger partial charge in [0.15, 0.2) is 0 Å².